The molecule has 0 aliphatic rings. The van der Waals surface area contributed by atoms with E-state index in [4.69, 9.17) is 17.3 Å². The molecular formula is C9H10ClNO. The monoisotopic (exact) mass is 183 g/mol. The van der Waals surface area contributed by atoms with Gasteiger partial charge in [0.15, 0.2) is 0 Å². The van der Waals surface area contributed by atoms with Crippen LogP contribution in [0.25, 0.3) is 0 Å². The van der Waals surface area contributed by atoms with Crippen molar-refractivity contribution in [2.45, 2.75) is 5.92 Å². The Morgan fingerprint density at radius 1 is 1.42 bits per heavy atom. The molecule has 12 heavy (non-hydrogen) atoms. The maximum absolute atomic E-state index is 10.5. The van der Waals surface area contributed by atoms with E-state index in [0.29, 0.717) is 11.6 Å². The third-order valence-electron chi connectivity index (χ3n) is 1.72. The lowest BCUT2D eigenvalue weighted by Crippen LogP contribution is -2.13. The van der Waals surface area contributed by atoms with Crippen LogP contribution in [0, 0.1) is 0 Å². The molecule has 1 aromatic carbocycles. The molecule has 0 heterocycles. The van der Waals surface area contributed by atoms with Crippen molar-refractivity contribution in [1.29, 1.82) is 0 Å². The van der Waals surface area contributed by atoms with Crippen LogP contribution in [0.3, 0.4) is 0 Å². The summed E-state index contributed by atoms with van der Waals surface area (Å²) in [6, 6.07) is 7.13. The van der Waals surface area contributed by atoms with E-state index < -0.39 is 0 Å². The minimum absolute atomic E-state index is 0.206. The molecule has 1 aromatic rings. The summed E-state index contributed by atoms with van der Waals surface area (Å²) in [5.74, 6) is -0.206. The molecule has 1 unspecified atom stereocenters. The Labute approximate surface area is 76.3 Å². The van der Waals surface area contributed by atoms with Crippen molar-refractivity contribution in [3.63, 3.8) is 0 Å². The molecule has 1 rings (SSSR count). The summed E-state index contributed by atoms with van der Waals surface area (Å²) < 4.78 is 0. The first-order valence-corrected chi connectivity index (χ1v) is 4.06. The van der Waals surface area contributed by atoms with Crippen LogP contribution in [0.5, 0.6) is 0 Å². The van der Waals surface area contributed by atoms with Gasteiger partial charge in [0.2, 0.25) is 0 Å². The van der Waals surface area contributed by atoms with Gasteiger partial charge in [-0.05, 0) is 17.7 Å². The van der Waals surface area contributed by atoms with Crippen molar-refractivity contribution >= 4 is 17.9 Å². The van der Waals surface area contributed by atoms with Crippen molar-refractivity contribution in [2.75, 3.05) is 6.54 Å². The molecule has 2 nitrogen and oxygen atoms in total. The molecule has 0 spiro atoms. The predicted octanol–water partition coefficient (Wildman–Crippen LogP) is 1.58. The number of nitrogens with two attached hydrogens (primary N) is 1. The topological polar surface area (TPSA) is 43.1 Å². The zero-order valence-electron chi connectivity index (χ0n) is 6.53. The number of benzene rings is 1. The van der Waals surface area contributed by atoms with Gasteiger partial charge in [-0.25, -0.2) is 0 Å². The van der Waals surface area contributed by atoms with E-state index >= 15 is 0 Å². The molecule has 0 aromatic heterocycles. The second-order valence-corrected chi connectivity index (χ2v) is 2.97. The van der Waals surface area contributed by atoms with Crippen LogP contribution < -0.4 is 5.73 Å². The van der Waals surface area contributed by atoms with Gasteiger partial charge >= 0.3 is 0 Å². The molecule has 0 amide bonds. The van der Waals surface area contributed by atoms with Crippen molar-refractivity contribution in [3.8, 4) is 0 Å². The molecular weight excluding hydrogens is 174 g/mol. The van der Waals surface area contributed by atoms with Crippen LogP contribution in [0.4, 0.5) is 0 Å². The zero-order valence-corrected chi connectivity index (χ0v) is 7.29. The van der Waals surface area contributed by atoms with Crippen LogP contribution >= 0.6 is 11.6 Å². The number of aldehydes is 1. The maximum atomic E-state index is 10.5. The van der Waals surface area contributed by atoms with E-state index in [0.717, 1.165) is 11.8 Å². The Balaban J connectivity index is 2.87. The third kappa shape index (κ3) is 2.06. The van der Waals surface area contributed by atoms with E-state index in [2.05, 4.69) is 0 Å². The van der Waals surface area contributed by atoms with Crippen molar-refractivity contribution < 1.29 is 4.79 Å². The maximum Gasteiger partial charge on any atom is 0.128 e. The highest BCUT2D eigenvalue weighted by molar-refractivity contribution is 6.30. The second kappa shape index (κ2) is 4.24. The minimum atomic E-state index is -0.206. The van der Waals surface area contributed by atoms with Crippen molar-refractivity contribution in [2.24, 2.45) is 5.73 Å². The van der Waals surface area contributed by atoms with E-state index in [9.17, 15) is 4.79 Å². The summed E-state index contributed by atoms with van der Waals surface area (Å²) >= 11 is 5.68. The largest absolute Gasteiger partial charge is 0.329 e. The van der Waals surface area contributed by atoms with E-state index in [1.165, 1.54) is 0 Å². The van der Waals surface area contributed by atoms with Gasteiger partial charge < -0.3 is 10.5 Å². The fraction of sp³-hybridized carbons (Fsp3) is 0.222. The molecule has 0 fully saturated rings. The summed E-state index contributed by atoms with van der Waals surface area (Å²) in [7, 11) is 0. The first-order chi connectivity index (χ1) is 5.77. The number of carbonyl (C=O) groups is 1. The van der Waals surface area contributed by atoms with Gasteiger partial charge in [0, 0.05) is 11.6 Å². The quantitative estimate of drug-likeness (QED) is 0.724. The summed E-state index contributed by atoms with van der Waals surface area (Å²) in [5.41, 5.74) is 6.30. The SMILES string of the molecule is NCC(C=O)c1ccc(Cl)cc1. The molecule has 2 N–H and O–H groups in total. The highest BCUT2D eigenvalue weighted by Crippen LogP contribution is 2.15. The molecule has 0 saturated carbocycles. The van der Waals surface area contributed by atoms with Crippen LogP contribution in [0.15, 0.2) is 24.3 Å². The summed E-state index contributed by atoms with van der Waals surface area (Å²) in [6.45, 7) is 0.338. The highest BCUT2D eigenvalue weighted by Gasteiger charge is 2.06. The number of hydrogen-bond donors (Lipinski definition) is 1. The zero-order chi connectivity index (χ0) is 8.97. The lowest BCUT2D eigenvalue weighted by atomic mass is 10.0. The predicted molar refractivity (Wildman–Crippen MR) is 49.3 cm³/mol. The summed E-state index contributed by atoms with van der Waals surface area (Å²) in [6.07, 6.45) is 0.850. The lowest BCUT2D eigenvalue weighted by molar-refractivity contribution is -0.108. The molecule has 0 aliphatic carbocycles. The Kier molecular flexibility index (Phi) is 3.26. The van der Waals surface area contributed by atoms with Gasteiger partial charge in [-0.15, -0.1) is 0 Å². The van der Waals surface area contributed by atoms with Crippen LogP contribution in [0.2, 0.25) is 5.02 Å². The Morgan fingerprint density at radius 3 is 2.42 bits per heavy atom. The number of hydrogen-bond acceptors (Lipinski definition) is 2. The molecule has 64 valence electrons. The fourth-order valence-electron chi connectivity index (χ4n) is 0.980. The summed E-state index contributed by atoms with van der Waals surface area (Å²) in [4.78, 5) is 10.5. The Morgan fingerprint density at radius 2 is 2.00 bits per heavy atom. The fourth-order valence-corrected chi connectivity index (χ4v) is 1.11. The molecule has 3 heteroatoms. The van der Waals surface area contributed by atoms with Crippen LogP contribution in [-0.4, -0.2) is 12.8 Å². The number of halogens is 1. The Hall–Kier alpha value is -0.860. The van der Waals surface area contributed by atoms with Gasteiger partial charge in [-0.2, -0.15) is 0 Å². The minimum Gasteiger partial charge on any atom is -0.329 e. The van der Waals surface area contributed by atoms with Gasteiger partial charge in [0.1, 0.15) is 6.29 Å². The van der Waals surface area contributed by atoms with Gasteiger partial charge in [0.25, 0.3) is 0 Å². The van der Waals surface area contributed by atoms with E-state index in [1.54, 1.807) is 12.1 Å². The van der Waals surface area contributed by atoms with E-state index in [1.807, 2.05) is 12.1 Å². The average molecular weight is 184 g/mol. The normalized spacial score (nSPS) is 12.5. The van der Waals surface area contributed by atoms with E-state index in [-0.39, 0.29) is 5.92 Å². The molecule has 0 radical (unpaired) electrons. The lowest BCUT2D eigenvalue weighted by Gasteiger charge is -2.06. The average Bonchev–Trinajstić information content (AvgIpc) is 2.10. The molecule has 0 aliphatic heterocycles. The standard InChI is InChI=1S/C9H10ClNO/c10-9-3-1-7(2-4-9)8(5-11)6-12/h1-4,6,8H,5,11H2. The molecule has 0 saturated heterocycles. The van der Waals surface area contributed by atoms with Crippen molar-refractivity contribution in [3.05, 3.63) is 34.9 Å². The van der Waals surface area contributed by atoms with Gasteiger partial charge in [0.05, 0.1) is 5.92 Å². The Bertz CT molecular complexity index is 258. The summed E-state index contributed by atoms with van der Waals surface area (Å²) in [5, 5.41) is 0.667. The second-order valence-electron chi connectivity index (χ2n) is 2.53. The van der Waals surface area contributed by atoms with Crippen LogP contribution in [-0.2, 0) is 4.79 Å². The smallest absolute Gasteiger partial charge is 0.128 e. The third-order valence-corrected chi connectivity index (χ3v) is 1.97. The van der Waals surface area contributed by atoms with Gasteiger partial charge in [-0.3, -0.25) is 0 Å². The van der Waals surface area contributed by atoms with Crippen LogP contribution in [0.1, 0.15) is 11.5 Å². The number of carbonyl (C=O) groups excluding carboxylic acids is 1. The first kappa shape index (κ1) is 9.23. The highest BCUT2D eigenvalue weighted by atomic mass is 35.5. The van der Waals surface area contributed by atoms with Gasteiger partial charge in [-0.1, -0.05) is 23.7 Å². The molecule has 1 atom stereocenters. The molecule has 0 bridgehead atoms. The first-order valence-electron chi connectivity index (χ1n) is 3.68. The number of rotatable bonds is 3. The van der Waals surface area contributed by atoms with Crippen molar-refractivity contribution in [1.82, 2.24) is 0 Å².